The van der Waals surface area contributed by atoms with Crippen molar-refractivity contribution in [3.8, 4) is 0 Å². The zero-order valence-electron chi connectivity index (χ0n) is 11.4. The minimum Gasteiger partial charge on any atom is -0.477 e. The van der Waals surface area contributed by atoms with E-state index in [1.54, 1.807) is 32.0 Å². The molecule has 0 atom stereocenters. The summed E-state index contributed by atoms with van der Waals surface area (Å²) in [5.41, 5.74) is 2.73. The summed E-state index contributed by atoms with van der Waals surface area (Å²) in [7, 11) is 0. The monoisotopic (exact) mass is 273 g/mol. The molecule has 0 unspecified atom stereocenters. The van der Waals surface area contributed by atoms with Crippen molar-refractivity contribution in [3.63, 3.8) is 0 Å². The fourth-order valence-electron chi connectivity index (χ4n) is 1.97. The van der Waals surface area contributed by atoms with Crippen LogP contribution in [0.25, 0.3) is 0 Å². The second-order valence-corrected chi connectivity index (χ2v) is 4.59. The van der Waals surface area contributed by atoms with Gasteiger partial charge in [-0.1, -0.05) is 0 Å². The average Bonchev–Trinajstić information content (AvgIpc) is 2.70. The van der Waals surface area contributed by atoms with Gasteiger partial charge in [0.25, 0.3) is 5.91 Å². The molecule has 6 heteroatoms. The van der Waals surface area contributed by atoms with E-state index in [2.05, 4.69) is 15.3 Å². The molecule has 0 saturated heterocycles. The minimum atomic E-state index is -1.12. The highest BCUT2D eigenvalue weighted by atomic mass is 16.4. The van der Waals surface area contributed by atoms with Gasteiger partial charge >= 0.3 is 5.97 Å². The molecule has 0 spiro atoms. The lowest BCUT2D eigenvalue weighted by atomic mass is 10.1. The first-order valence-corrected chi connectivity index (χ1v) is 6.07. The van der Waals surface area contributed by atoms with E-state index in [9.17, 15) is 9.59 Å². The highest BCUT2D eigenvalue weighted by Crippen LogP contribution is 2.18. The maximum absolute atomic E-state index is 12.2. The van der Waals surface area contributed by atoms with Crippen molar-refractivity contribution in [2.45, 2.75) is 20.8 Å². The number of amides is 1. The van der Waals surface area contributed by atoms with Gasteiger partial charge in [-0.2, -0.15) is 0 Å². The van der Waals surface area contributed by atoms with E-state index in [1.807, 2.05) is 6.92 Å². The van der Waals surface area contributed by atoms with Crippen LogP contribution in [0.3, 0.4) is 0 Å². The Kier molecular flexibility index (Phi) is 3.56. The number of carbonyl (C=O) groups is 2. The number of hydrogen-bond acceptors (Lipinski definition) is 3. The van der Waals surface area contributed by atoms with Gasteiger partial charge < -0.3 is 15.4 Å². The number of anilines is 1. The van der Waals surface area contributed by atoms with E-state index in [4.69, 9.17) is 5.11 Å². The smallest absolute Gasteiger partial charge is 0.354 e. The second-order valence-electron chi connectivity index (χ2n) is 4.59. The molecule has 0 aliphatic rings. The van der Waals surface area contributed by atoms with Crippen LogP contribution in [0.5, 0.6) is 0 Å². The third kappa shape index (κ3) is 2.69. The van der Waals surface area contributed by atoms with Gasteiger partial charge in [-0.15, -0.1) is 0 Å². The topological polar surface area (TPSA) is 95.1 Å². The fraction of sp³-hybridized carbons (Fsp3) is 0.214. The number of aromatic nitrogens is 2. The van der Waals surface area contributed by atoms with Crippen LogP contribution in [0, 0.1) is 20.8 Å². The molecule has 2 aromatic rings. The summed E-state index contributed by atoms with van der Waals surface area (Å²) in [6, 6.07) is 4.99. The first-order chi connectivity index (χ1) is 9.38. The van der Waals surface area contributed by atoms with Gasteiger partial charge in [0.2, 0.25) is 0 Å². The number of aromatic amines is 1. The number of pyridine rings is 1. The predicted octanol–water partition coefficient (Wildman–Crippen LogP) is 2.29. The molecule has 3 N–H and O–H groups in total. The average molecular weight is 273 g/mol. The summed E-state index contributed by atoms with van der Waals surface area (Å²) in [5, 5.41) is 11.7. The lowest BCUT2D eigenvalue weighted by molar-refractivity contribution is 0.0692. The Morgan fingerprint density at radius 1 is 1.25 bits per heavy atom. The summed E-state index contributed by atoms with van der Waals surface area (Å²) < 4.78 is 0. The largest absolute Gasteiger partial charge is 0.477 e. The van der Waals surface area contributed by atoms with Gasteiger partial charge in [0.15, 0.2) is 0 Å². The highest BCUT2D eigenvalue weighted by Gasteiger charge is 2.17. The lowest BCUT2D eigenvalue weighted by Crippen LogP contribution is -2.16. The molecule has 0 bridgehead atoms. The van der Waals surface area contributed by atoms with E-state index >= 15 is 0 Å². The molecule has 2 aromatic heterocycles. The standard InChI is InChI=1S/C14H15N3O3/c1-7-4-5-10(9(3)15-7)13(18)17-11-6-8(2)16-12(11)14(19)20/h4-6,16H,1-3H3,(H,17,18)(H,19,20). The van der Waals surface area contributed by atoms with Gasteiger partial charge in [-0.05, 0) is 39.0 Å². The Hall–Kier alpha value is -2.63. The van der Waals surface area contributed by atoms with Crippen LogP contribution in [0.15, 0.2) is 18.2 Å². The summed E-state index contributed by atoms with van der Waals surface area (Å²) in [6.07, 6.45) is 0. The molecule has 0 radical (unpaired) electrons. The summed E-state index contributed by atoms with van der Waals surface area (Å²) in [6.45, 7) is 5.30. The number of aryl methyl sites for hydroxylation is 3. The van der Waals surface area contributed by atoms with E-state index in [0.717, 1.165) is 5.69 Å². The van der Waals surface area contributed by atoms with Crippen LogP contribution >= 0.6 is 0 Å². The summed E-state index contributed by atoms with van der Waals surface area (Å²) in [4.78, 5) is 30.2. The number of aromatic carboxylic acids is 1. The number of carboxylic acid groups (broad SMARTS) is 1. The zero-order valence-corrected chi connectivity index (χ0v) is 11.4. The zero-order chi connectivity index (χ0) is 14.9. The van der Waals surface area contributed by atoms with Crippen molar-refractivity contribution in [3.05, 3.63) is 46.5 Å². The minimum absolute atomic E-state index is 0.0337. The van der Waals surface area contributed by atoms with Crippen molar-refractivity contribution < 1.29 is 14.7 Å². The molecule has 0 saturated carbocycles. The van der Waals surface area contributed by atoms with E-state index in [-0.39, 0.29) is 17.3 Å². The van der Waals surface area contributed by atoms with E-state index < -0.39 is 5.97 Å². The molecule has 104 valence electrons. The summed E-state index contributed by atoms with van der Waals surface area (Å²) in [5.74, 6) is -1.50. The maximum atomic E-state index is 12.2. The van der Waals surface area contributed by atoms with Crippen molar-refractivity contribution in [2.24, 2.45) is 0 Å². The van der Waals surface area contributed by atoms with Crippen LogP contribution in [0.2, 0.25) is 0 Å². The third-order valence-electron chi connectivity index (χ3n) is 2.88. The fourth-order valence-corrected chi connectivity index (χ4v) is 1.97. The van der Waals surface area contributed by atoms with Gasteiger partial charge in [0.05, 0.1) is 16.9 Å². The van der Waals surface area contributed by atoms with Crippen LogP contribution in [-0.2, 0) is 0 Å². The lowest BCUT2D eigenvalue weighted by Gasteiger charge is -2.07. The van der Waals surface area contributed by atoms with Gasteiger partial charge in [0, 0.05) is 11.4 Å². The predicted molar refractivity (Wildman–Crippen MR) is 74.2 cm³/mol. The molecule has 0 aromatic carbocycles. The van der Waals surface area contributed by atoms with Crippen molar-refractivity contribution in [2.75, 3.05) is 5.32 Å². The number of hydrogen-bond donors (Lipinski definition) is 3. The summed E-state index contributed by atoms with van der Waals surface area (Å²) >= 11 is 0. The number of nitrogens with zero attached hydrogens (tertiary/aromatic N) is 1. The Balaban J connectivity index is 2.30. The SMILES string of the molecule is Cc1ccc(C(=O)Nc2cc(C)[nH]c2C(=O)O)c(C)n1. The normalized spacial score (nSPS) is 10.3. The molecule has 2 heterocycles. The first kappa shape index (κ1) is 13.8. The molecular formula is C14H15N3O3. The van der Waals surface area contributed by atoms with Crippen LogP contribution in [0.4, 0.5) is 5.69 Å². The Morgan fingerprint density at radius 2 is 1.95 bits per heavy atom. The first-order valence-electron chi connectivity index (χ1n) is 6.07. The highest BCUT2D eigenvalue weighted by molar-refractivity contribution is 6.07. The Morgan fingerprint density at radius 3 is 2.55 bits per heavy atom. The maximum Gasteiger partial charge on any atom is 0.354 e. The quantitative estimate of drug-likeness (QED) is 0.799. The molecule has 0 fully saturated rings. The molecule has 0 aliphatic carbocycles. The van der Waals surface area contributed by atoms with Crippen molar-refractivity contribution in [1.82, 2.24) is 9.97 Å². The van der Waals surface area contributed by atoms with Gasteiger partial charge in [0.1, 0.15) is 5.69 Å². The van der Waals surface area contributed by atoms with Crippen molar-refractivity contribution >= 4 is 17.6 Å². The van der Waals surface area contributed by atoms with E-state index in [1.165, 1.54) is 0 Å². The van der Waals surface area contributed by atoms with Crippen LogP contribution in [0.1, 0.15) is 37.9 Å². The van der Waals surface area contributed by atoms with Gasteiger partial charge in [-0.25, -0.2) is 4.79 Å². The third-order valence-corrected chi connectivity index (χ3v) is 2.88. The molecule has 6 nitrogen and oxygen atoms in total. The molecule has 2 rings (SSSR count). The van der Waals surface area contributed by atoms with Gasteiger partial charge in [-0.3, -0.25) is 9.78 Å². The number of carboxylic acids is 1. The van der Waals surface area contributed by atoms with Crippen LogP contribution < -0.4 is 5.32 Å². The Bertz CT molecular complexity index is 689. The number of carbonyl (C=O) groups excluding carboxylic acids is 1. The number of rotatable bonds is 3. The van der Waals surface area contributed by atoms with Crippen molar-refractivity contribution in [1.29, 1.82) is 0 Å². The molecule has 0 aliphatic heterocycles. The molecule has 20 heavy (non-hydrogen) atoms. The Labute approximate surface area is 115 Å². The molecular weight excluding hydrogens is 258 g/mol. The second kappa shape index (κ2) is 5.16. The van der Waals surface area contributed by atoms with E-state index in [0.29, 0.717) is 17.0 Å². The number of nitrogens with one attached hydrogen (secondary N) is 2. The molecule has 1 amide bonds. The number of H-pyrrole nitrogens is 1. The van der Waals surface area contributed by atoms with Crippen LogP contribution in [-0.4, -0.2) is 27.0 Å².